The standard InChI is InChI=1S/C18H19NO4/c1-11-4-6-15(21-3)14(8-11)12(2)19-18(20)13-5-7-16-17(9-13)23-10-22-16/h4-9,12H,10H2,1-3H3,(H,19,20). The molecule has 0 aromatic heterocycles. The Kier molecular flexibility index (Phi) is 4.10. The first-order valence-corrected chi connectivity index (χ1v) is 7.43. The number of nitrogens with one attached hydrogen (secondary N) is 1. The normalized spacial score (nSPS) is 13.5. The zero-order valence-corrected chi connectivity index (χ0v) is 13.4. The molecule has 1 N–H and O–H groups in total. The Hall–Kier alpha value is -2.69. The van der Waals surface area contributed by atoms with Crippen molar-refractivity contribution >= 4 is 5.91 Å². The zero-order chi connectivity index (χ0) is 16.4. The van der Waals surface area contributed by atoms with Crippen molar-refractivity contribution in [2.24, 2.45) is 0 Å². The number of benzene rings is 2. The summed E-state index contributed by atoms with van der Waals surface area (Å²) in [6.07, 6.45) is 0. The molecule has 2 aromatic carbocycles. The van der Waals surface area contributed by atoms with Crippen LogP contribution in [-0.2, 0) is 0 Å². The largest absolute Gasteiger partial charge is 0.496 e. The van der Waals surface area contributed by atoms with E-state index in [1.54, 1.807) is 25.3 Å². The van der Waals surface area contributed by atoms with Gasteiger partial charge in [0.2, 0.25) is 6.79 Å². The second-order valence-corrected chi connectivity index (χ2v) is 5.51. The maximum atomic E-state index is 12.5. The number of hydrogen-bond acceptors (Lipinski definition) is 4. The monoisotopic (exact) mass is 313 g/mol. The lowest BCUT2D eigenvalue weighted by molar-refractivity contribution is 0.0939. The Morgan fingerprint density at radius 1 is 1.17 bits per heavy atom. The van der Waals surface area contributed by atoms with E-state index in [2.05, 4.69) is 5.32 Å². The molecule has 0 saturated heterocycles. The summed E-state index contributed by atoms with van der Waals surface area (Å²) < 4.78 is 15.9. The SMILES string of the molecule is COc1ccc(C)cc1C(C)NC(=O)c1ccc2c(c1)OCO2. The predicted octanol–water partition coefficient (Wildman–Crippen LogP) is 3.22. The molecule has 1 amide bonds. The van der Waals surface area contributed by atoms with E-state index in [1.165, 1.54) is 0 Å². The summed E-state index contributed by atoms with van der Waals surface area (Å²) in [6.45, 7) is 4.13. The number of amides is 1. The fourth-order valence-electron chi connectivity index (χ4n) is 2.59. The lowest BCUT2D eigenvalue weighted by Gasteiger charge is -2.18. The number of ether oxygens (including phenoxy) is 3. The highest BCUT2D eigenvalue weighted by Gasteiger charge is 2.19. The van der Waals surface area contributed by atoms with Crippen molar-refractivity contribution in [1.82, 2.24) is 5.32 Å². The van der Waals surface area contributed by atoms with E-state index in [0.29, 0.717) is 17.1 Å². The quantitative estimate of drug-likeness (QED) is 0.941. The molecule has 1 heterocycles. The molecule has 0 bridgehead atoms. The van der Waals surface area contributed by atoms with Gasteiger partial charge >= 0.3 is 0 Å². The van der Waals surface area contributed by atoms with Gasteiger partial charge < -0.3 is 19.5 Å². The van der Waals surface area contributed by atoms with Crippen molar-refractivity contribution in [3.63, 3.8) is 0 Å². The molecule has 1 aliphatic heterocycles. The van der Waals surface area contributed by atoms with Gasteiger partial charge in [0.25, 0.3) is 5.91 Å². The van der Waals surface area contributed by atoms with Crippen LogP contribution in [0.4, 0.5) is 0 Å². The summed E-state index contributed by atoms with van der Waals surface area (Å²) in [5.41, 5.74) is 2.60. The first-order valence-electron chi connectivity index (χ1n) is 7.43. The van der Waals surface area contributed by atoms with Gasteiger partial charge in [0, 0.05) is 11.1 Å². The van der Waals surface area contributed by atoms with Gasteiger partial charge in [0.1, 0.15) is 5.75 Å². The van der Waals surface area contributed by atoms with E-state index in [0.717, 1.165) is 16.9 Å². The summed E-state index contributed by atoms with van der Waals surface area (Å²) >= 11 is 0. The van der Waals surface area contributed by atoms with Crippen molar-refractivity contribution in [2.45, 2.75) is 19.9 Å². The summed E-state index contributed by atoms with van der Waals surface area (Å²) in [7, 11) is 1.63. The Balaban J connectivity index is 1.78. The van der Waals surface area contributed by atoms with Crippen LogP contribution in [0.5, 0.6) is 17.2 Å². The number of fused-ring (bicyclic) bond motifs is 1. The summed E-state index contributed by atoms with van der Waals surface area (Å²) in [5, 5.41) is 2.99. The van der Waals surface area contributed by atoms with Crippen LogP contribution < -0.4 is 19.5 Å². The molecule has 1 aliphatic rings. The molecule has 5 heteroatoms. The average molecular weight is 313 g/mol. The van der Waals surface area contributed by atoms with Crippen molar-refractivity contribution < 1.29 is 19.0 Å². The van der Waals surface area contributed by atoms with Crippen LogP contribution in [0.3, 0.4) is 0 Å². The molecule has 1 atom stereocenters. The van der Waals surface area contributed by atoms with Crippen LogP contribution in [0.25, 0.3) is 0 Å². The van der Waals surface area contributed by atoms with Gasteiger partial charge in [0.05, 0.1) is 13.2 Å². The summed E-state index contributed by atoms with van der Waals surface area (Å²) in [4.78, 5) is 12.5. The Bertz CT molecular complexity index is 742. The van der Waals surface area contributed by atoms with Gasteiger partial charge in [-0.15, -0.1) is 0 Å². The van der Waals surface area contributed by atoms with Gasteiger partial charge in [-0.05, 0) is 38.1 Å². The number of carbonyl (C=O) groups excluding carboxylic acids is 1. The Morgan fingerprint density at radius 2 is 1.96 bits per heavy atom. The topological polar surface area (TPSA) is 56.8 Å². The van der Waals surface area contributed by atoms with E-state index in [4.69, 9.17) is 14.2 Å². The van der Waals surface area contributed by atoms with Crippen LogP contribution in [0, 0.1) is 6.92 Å². The summed E-state index contributed by atoms with van der Waals surface area (Å²) in [6, 6.07) is 10.9. The second-order valence-electron chi connectivity index (χ2n) is 5.51. The van der Waals surface area contributed by atoms with Gasteiger partial charge in [-0.2, -0.15) is 0 Å². The fraction of sp³-hybridized carbons (Fsp3) is 0.278. The lowest BCUT2D eigenvalue weighted by atomic mass is 10.0. The van der Waals surface area contributed by atoms with E-state index in [1.807, 2.05) is 32.0 Å². The van der Waals surface area contributed by atoms with E-state index in [-0.39, 0.29) is 18.7 Å². The number of hydrogen-bond donors (Lipinski definition) is 1. The van der Waals surface area contributed by atoms with Gasteiger partial charge in [0.15, 0.2) is 11.5 Å². The molecule has 2 aromatic rings. The number of rotatable bonds is 4. The third-order valence-corrected chi connectivity index (χ3v) is 3.83. The molecule has 0 fully saturated rings. The fourth-order valence-corrected chi connectivity index (χ4v) is 2.59. The number of carbonyl (C=O) groups is 1. The molecule has 5 nitrogen and oxygen atoms in total. The molecule has 1 unspecified atom stereocenters. The molecule has 0 radical (unpaired) electrons. The van der Waals surface area contributed by atoms with E-state index < -0.39 is 0 Å². The highest BCUT2D eigenvalue weighted by Crippen LogP contribution is 2.33. The minimum absolute atomic E-state index is 0.167. The Labute approximate surface area is 135 Å². The van der Waals surface area contributed by atoms with Crippen LogP contribution in [0.2, 0.25) is 0 Å². The van der Waals surface area contributed by atoms with Gasteiger partial charge in [-0.25, -0.2) is 0 Å². The second kappa shape index (κ2) is 6.20. The lowest BCUT2D eigenvalue weighted by Crippen LogP contribution is -2.27. The third-order valence-electron chi connectivity index (χ3n) is 3.83. The highest BCUT2D eigenvalue weighted by molar-refractivity contribution is 5.95. The van der Waals surface area contributed by atoms with Crippen molar-refractivity contribution in [3.05, 3.63) is 53.1 Å². The zero-order valence-electron chi connectivity index (χ0n) is 13.4. The van der Waals surface area contributed by atoms with Gasteiger partial charge in [-0.1, -0.05) is 17.7 Å². The molecule has 23 heavy (non-hydrogen) atoms. The molecular formula is C18H19NO4. The molecule has 0 saturated carbocycles. The van der Waals surface area contributed by atoms with Crippen molar-refractivity contribution in [3.8, 4) is 17.2 Å². The first-order chi connectivity index (χ1) is 11.1. The Morgan fingerprint density at radius 3 is 2.74 bits per heavy atom. The minimum atomic E-state index is -0.178. The minimum Gasteiger partial charge on any atom is -0.496 e. The summed E-state index contributed by atoms with van der Waals surface area (Å²) in [5.74, 6) is 1.85. The molecule has 0 spiro atoms. The average Bonchev–Trinajstić information content (AvgIpc) is 3.02. The maximum absolute atomic E-state index is 12.5. The van der Waals surface area contributed by atoms with Gasteiger partial charge in [-0.3, -0.25) is 4.79 Å². The molecular weight excluding hydrogens is 294 g/mol. The van der Waals surface area contributed by atoms with Crippen LogP contribution >= 0.6 is 0 Å². The van der Waals surface area contributed by atoms with Crippen LogP contribution in [-0.4, -0.2) is 19.8 Å². The highest BCUT2D eigenvalue weighted by atomic mass is 16.7. The van der Waals surface area contributed by atoms with Crippen molar-refractivity contribution in [1.29, 1.82) is 0 Å². The molecule has 3 rings (SSSR count). The van der Waals surface area contributed by atoms with E-state index >= 15 is 0 Å². The molecule has 120 valence electrons. The number of methoxy groups -OCH3 is 1. The van der Waals surface area contributed by atoms with Crippen molar-refractivity contribution in [2.75, 3.05) is 13.9 Å². The third kappa shape index (κ3) is 3.08. The van der Waals surface area contributed by atoms with Crippen LogP contribution in [0.15, 0.2) is 36.4 Å². The number of aryl methyl sites for hydroxylation is 1. The van der Waals surface area contributed by atoms with Crippen LogP contribution in [0.1, 0.15) is 34.5 Å². The van der Waals surface area contributed by atoms with E-state index in [9.17, 15) is 4.79 Å². The maximum Gasteiger partial charge on any atom is 0.251 e. The first kappa shape index (κ1) is 15.2. The predicted molar refractivity (Wildman–Crippen MR) is 86.2 cm³/mol. The molecule has 0 aliphatic carbocycles. The smallest absolute Gasteiger partial charge is 0.251 e.